The number of ether oxygens (including phenoxy) is 2. The van der Waals surface area contributed by atoms with Crippen LogP contribution in [0.4, 0.5) is 17.3 Å². The summed E-state index contributed by atoms with van der Waals surface area (Å²) < 4.78 is 10.8. The summed E-state index contributed by atoms with van der Waals surface area (Å²) in [6.45, 7) is 4.05. The van der Waals surface area contributed by atoms with E-state index < -0.39 is 0 Å². The zero-order chi connectivity index (χ0) is 17.8. The van der Waals surface area contributed by atoms with Crippen LogP contribution in [0.5, 0.6) is 11.5 Å². The van der Waals surface area contributed by atoms with E-state index in [-0.39, 0.29) is 6.79 Å². The zero-order valence-electron chi connectivity index (χ0n) is 14.6. The van der Waals surface area contributed by atoms with Gasteiger partial charge in [0.2, 0.25) is 6.79 Å². The molecule has 4 rings (SSSR count). The second kappa shape index (κ2) is 7.31. The van der Waals surface area contributed by atoms with Gasteiger partial charge in [-0.05, 0) is 24.6 Å². The number of fused-ring (bicyclic) bond motifs is 1. The molecule has 1 aromatic heterocycles. The summed E-state index contributed by atoms with van der Waals surface area (Å²) in [5.41, 5.74) is 2.14. The number of anilines is 3. The number of benzene rings is 2. The highest BCUT2D eigenvalue weighted by Crippen LogP contribution is 2.35. The van der Waals surface area contributed by atoms with Gasteiger partial charge in [-0.3, -0.25) is 0 Å². The SMILES string of the molecule is CCN(Cc1ccccc1)c1cc(Nc2ccc3c(c2)OCO3)ncn1. The second-order valence-corrected chi connectivity index (χ2v) is 5.95. The third-order valence-corrected chi connectivity index (χ3v) is 4.22. The summed E-state index contributed by atoms with van der Waals surface area (Å²) in [5, 5.41) is 3.30. The smallest absolute Gasteiger partial charge is 0.231 e. The molecule has 0 bridgehead atoms. The standard InChI is InChI=1S/C20H20N4O2/c1-2-24(12-15-6-4-3-5-7-15)20-11-19(21-13-22-20)23-16-8-9-17-18(10-16)26-14-25-17/h3-11,13H,2,12,14H2,1H3,(H,21,22,23). The van der Waals surface area contributed by atoms with Crippen molar-refractivity contribution in [3.8, 4) is 11.5 Å². The van der Waals surface area contributed by atoms with Gasteiger partial charge in [-0.1, -0.05) is 30.3 Å². The van der Waals surface area contributed by atoms with Gasteiger partial charge in [0, 0.05) is 30.9 Å². The van der Waals surface area contributed by atoms with E-state index in [1.807, 2.05) is 30.3 Å². The minimum atomic E-state index is 0.265. The van der Waals surface area contributed by atoms with E-state index >= 15 is 0 Å². The lowest BCUT2D eigenvalue weighted by molar-refractivity contribution is 0.174. The molecule has 0 aliphatic carbocycles. The van der Waals surface area contributed by atoms with E-state index in [0.29, 0.717) is 0 Å². The molecule has 2 heterocycles. The van der Waals surface area contributed by atoms with Crippen molar-refractivity contribution in [1.82, 2.24) is 9.97 Å². The number of nitrogens with one attached hydrogen (secondary N) is 1. The molecule has 2 aromatic carbocycles. The molecular weight excluding hydrogens is 328 g/mol. The fourth-order valence-electron chi connectivity index (χ4n) is 2.87. The summed E-state index contributed by atoms with van der Waals surface area (Å²) in [6, 6.07) is 18.1. The highest BCUT2D eigenvalue weighted by atomic mass is 16.7. The van der Waals surface area contributed by atoms with Crippen molar-refractivity contribution in [1.29, 1.82) is 0 Å². The van der Waals surface area contributed by atoms with Crippen molar-refractivity contribution in [3.63, 3.8) is 0 Å². The maximum Gasteiger partial charge on any atom is 0.231 e. The quantitative estimate of drug-likeness (QED) is 0.727. The summed E-state index contributed by atoms with van der Waals surface area (Å²) in [7, 11) is 0. The van der Waals surface area contributed by atoms with Gasteiger partial charge in [-0.25, -0.2) is 9.97 Å². The Bertz CT molecular complexity index is 886. The Morgan fingerprint density at radius 1 is 1.00 bits per heavy atom. The van der Waals surface area contributed by atoms with Gasteiger partial charge in [0.1, 0.15) is 18.0 Å². The van der Waals surface area contributed by atoms with E-state index in [9.17, 15) is 0 Å². The molecule has 0 saturated heterocycles. The lowest BCUT2D eigenvalue weighted by atomic mass is 10.2. The van der Waals surface area contributed by atoms with Crippen LogP contribution in [0, 0.1) is 0 Å². The average Bonchev–Trinajstić information content (AvgIpc) is 3.15. The predicted molar refractivity (Wildman–Crippen MR) is 101 cm³/mol. The fourth-order valence-corrected chi connectivity index (χ4v) is 2.87. The molecule has 0 atom stereocenters. The lowest BCUT2D eigenvalue weighted by Crippen LogP contribution is -2.23. The topological polar surface area (TPSA) is 59.5 Å². The monoisotopic (exact) mass is 348 g/mol. The molecule has 1 aliphatic rings. The highest BCUT2D eigenvalue weighted by Gasteiger charge is 2.14. The average molecular weight is 348 g/mol. The normalized spacial score (nSPS) is 12.0. The van der Waals surface area contributed by atoms with Gasteiger partial charge < -0.3 is 19.7 Å². The molecule has 3 aromatic rings. The highest BCUT2D eigenvalue weighted by molar-refractivity contribution is 5.63. The Morgan fingerprint density at radius 3 is 2.69 bits per heavy atom. The number of rotatable bonds is 6. The van der Waals surface area contributed by atoms with Crippen LogP contribution in [0.3, 0.4) is 0 Å². The number of nitrogens with zero attached hydrogens (tertiary/aromatic N) is 3. The Hall–Kier alpha value is -3.28. The van der Waals surface area contributed by atoms with Crippen molar-refractivity contribution in [2.24, 2.45) is 0 Å². The fraction of sp³-hybridized carbons (Fsp3) is 0.200. The third-order valence-electron chi connectivity index (χ3n) is 4.22. The van der Waals surface area contributed by atoms with Crippen LogP contribution < -0.4 is 19.7 Å². The first-order valence-electron chi connectivity index (χ1n) is 8.59. The van der Waals surface area contributed by atoms with Crippen molar-refractivity contribution in [2.75, 3.05) is 23.6 Å². The molecule has 1 N–H and O–H groups in total. The summed E-state index contributed by atoms with van der Waals surface area (Å²) in [6.07, 6.45) is 1.58. The summed E-state index contributed by atoms with van der Waals surface area (Å²) >= 11 is 0. The van der Waals surface area contributed by atoms with E-state index in [1.54, 1.807) is 6.33 Å². The molecule has 0 radical (unpaired) electrons. The molecule has 0 saturated carbocycles. The molecule has 0 spiro atoms. The van der Waals surface area contributed by atoms with Gasteiger partial charge >= 0.3 is 0 Å². The van der Waals surface area contributed by atoms with Crippen molar-refractivity contribution < 1.29 is 9.47 Å². The van der Waals surface area contributed by atoms with E-state index in [4.69, 9.17) is 9.47 Å². The Balaban J connectivity index is 1.52. The molecule has 0 fully saturated rings. The first kappa shape index (κ1) is 16.2. The Morgan fingerprint density at radius 2 is 1.85 bits per heavy atom. The maximum absolute atomic E-state index is 5.42. The van der Waals surface area contributed by atoms with Gasteiger partial charge in [0.25, 0.3) is 0 Å². The van der Waals surface area contributed by atoms with Crippen LogP contribution >= 0.6 is 0 Å². The van der Waals surface area contributed by atoms with Gasteiger partial charge in [-0.15, -0.1) is 0 Å². The van der Waals surface area contributed by atoms with Crippen molar-refractivity contribution in [2.45, 2.75) is 13.5 Å². The van der Waals surface area contributed by atoms with Gasteiger partial charge in [0.15, 0.2) is 11.5 Å². The second-order valence-electron chi connectivity index (χ2n) is 5.95. The Kier molecular flexibility index (Phi) is 4.55. The van der Waals surface area contributed by atoms with Crippen LogP contribution in [0.2, 0.25) is 0 Å². The molecule has 0 amide bonds. The van der Waals surface area contributed by atoms with Gasteiger partial charge in [-0.2, -0.15) is 0 Å². The third kappa shape index (κ3) is 3.54. The minimum Gasteiger partial charge on any atom is -0.454 e. The van der Waals surface area contributed by atoms with Gasteiger partial charge in [0.05, 0.1) is 0 Å². The van der Waals surface area contributed by atoms with Crippen LogP contribution in [-0.4, -0.2) is 23.3 Å². The maximum atomic E-state index is 5.42. The molecule has 6 nitrogen and oxygen atoms in total. The molecule has 6 heteroatoms. The predicted octanol–water partition coefficient (Wildman–Crippen LogP) is 3.98. The first-order chi connectivity index (χ1) is 12.8. The van der Waals surface area contributed by atoms with E-state index in [0.717, 1.165) is 41.9 Å². The number of hydrogen-bond acceptors (Lipinski definition) is 6. The van der Waals surface area contributed by atoms with Crippen LogP contribution in [0.15, 0.2) is 60.9 Å². The van der Waals surface area contributed by atoms with E-state index in [1.165, 1.54) is 5.56 Å². The van der Waals surface area contributed by atoms with Crippen LogP contribution in [-0.2, 0) is 6.54 Å². The minimum absolute atomic E-state index is 0.265. The molecule has 0 unspecified atom stereocenters. The molecular formula is C20H20N4O2. The van der Waals surface area contributed by atoms with Crippen molar-refractivity contribution in [3.05, 3.63) is 66.5 Å². The largest absolute Gasteiger partial charge is 0.454 e. The number of hydrogen-bond donors (Lipinski definition) is 1. The van der Waals surface area contributed by atoms with Crippen molar-refractivity contribution >= 4 is 17.3 Å². The summed E-state index contributed by atoms with van der Waals surface area (Å²) in [4.78, 5) is 11.0. The molecule has 1 aliphatic heterocycles. The lowest BCUT2D eigenvalue weighted by Gasteiger charge is -2.22. The van der Waals surface area contributed by atoms with Crippen LogP contribution in [0.25, 0.3) is 0 Å². The van der Waals surface area contributed by atoms with Crippen LogP contribution in [0.1, 0.15) is 12.5 Å². The zero-order valence-corrected chi connectivity index (χ0v) is 14.6. The molecule has 132 valence electrons. The van der Waals surface area contributed by atoms with E-state index in [2.05, 4.69) is 51.4 Å². The molecule has 26 heavy (non-hydrogen) atoms. The first-order valence-corrected chi connectivity index (χ1v) is 8.59. The Labute approximate surface area is 152 Å². The summed E-state index contributed by atoms with van der Waals surface area (Å²) in [5.74, 6) is 3.12. The number of aromatic nitrogens is 2.